The Morgan fingerprint density at radius 3 is 2.22 bits per heavy atom. The average molecular weight is 252 g/mol. The molecule has 1 N–H and O–H groups in total. The molecule has 2 heteroatoms. The van der Waals surface area contributed by atoms with Crippen molar-refractivity contribution in [1.29, 1.82) is 0 Å². The summed E-state index contributed by atoms with van der Waals surface area (Å²) in [4.78, 5) is 2.64. The van der Waals surface area contributed by atoms with Crippen molar-refractivity contribution in [3.8, 4) is 0 Å². The fraction of sp³-hybridized carbons (Fsp3) is 1.00. The predicted molar refractivity (Wildman–Crippen MR) is 78.9 cm³/mol. The second-order valence-corrected chi connectivity index (χ2v) is 6.56. The van der Waals surface area contributed by atoms with Crippen molar-refractivity contribution in [1.82, 2.24) is 10.2 Å². The maximum atomic E-state index is 3.84. The van der Waals surface area contributed by atoms with Gasteiger partial charge >= 0.3 is 0 Å². The normalized spacial score (nSPS) is 25.8. The van der Waals surface area contributed by atoms with Crippen LogP contribution in [0.3, 0.4) is 0 Å². The van der Waals surface area contributed by atoms with Gasteiger partial charge in [0.1, 0.15) is 0 Å². The van der Waals surface area contributed by atoms with Gasteiger partial charge in [-0.1, -0.05) is 39.0 Å². The van der Waals surface area contributed by atoms with Gasteiger partial charge in [0.15, 0.2) is 0 Å². The minimum atomic E-state index is 0.811. The Labute approximate surface area is 114 Å². The third-order valence-corrected chi connectivity index (χ3v) is 4.63. The summed E-state index contributed by atoms with van der Waals surface area (Å²) in [5.41, 5.74) is 0. The van der Waals surface area contributed by atoms with Gasteiger partial charge in [0.2, 0.25) is 0 Å². The van der Waals surface area contributed by atoms with Crippen molar-refractivity contribution in [3.05, 3.63) is 0 Å². The van der Waals surface area contributed by atoms with E-state index in [1.165, 1.54) is 84.0 Å². The molecule has 1 saturated carbocycles. The lowest BCUT2D eigenvalue weighted by Crippen LogP contribution is -2.37. The maximum Gasteiger partial charge on any atom is 0.00671 e. The van der Waals surface area contributed by atoms with Gasteiger partial charge in [-0.25, -0.2) is 0 Å². The van der Waals surface area contributed by atoms with E-state index < -0.39 is 0 Å². The topological polar surface area (TPSA) is 15.3 Å². The van der Waals surface area contributed by atoms with Crippen LogP contribution in [0.4, 0.5) is 0 Å². The Morgan fingerprint density at radius 1 is 0.944 bits per heavy atom. The predicted octanol–water partition coefficient (Wildman–Crippen LogP) is 3.42. The van der Waals surface area contributed by atoms with Crippen molar-refractivity contribution >= 4 is 0 Å². The molecule has 1 unspecified atom stereocenters. The highest BCUT2D eigenvalue weighted by Crippen LogP contribution is 2.17. The van der Waals surface area contributed by atoms with Gasteiger partial charge < -0.3 is 10.2 Å². The van der Waals surface area contributed by atoms with Crippen LogP contribution in [0.15, 0.2) is 0 Å². The molecule has 0 radical (unpaired) electrons. The van der Waals surface area contributed by atoms with Gasteiger partial charge in [0.05, 0.1) is 0 Å². The lowest BCUT2D eigenvalue weighted by molar-refractivity contribution is 0.271. The van der Waals surface area contributed by atoms with Crippen LogP contribution in [0.2, 0.25) is 0 Å². The summed E-state index contributed by atoms with van der Waals surface area (Å²) in [5, 5.41) is 3.84. The monoisotopic (exact) mass is 252 g/mol. The molecule has 0 aromatic rings. The third-order valence-electron chi connectivity index (χ3n) is 4.63. The molecule has 1 aliphatic heterocycles. The van der Waals surface area contributed by atoms with Crippen LogP contribution in [0.1, 0.15) is 64.7 Å². The van der Waals surface area contributed by atoms with Crippen LogP contribution < -0.4 is 5.32 Å². The Kier molecular flexibility index (Phi) is 6.50. The fourth-order valence-corrected chi connectivity index (χ4v) is 3.50. The first-order valence-corrected chi connectivity index (χ1v) is 8.30. The first-order valence-electron chi connectivity index (χ1n) is 8.30. The number of rotatable bonds is 5. The summed E-state index contributed by atoms with van der Waals surface area (Å²) in [5.74, 6) is 0.813. The van der Waals surface area contributed by atoms with E-state index >= 15 is 0 Å². The molecule has 1 aliphatic carbocycles. The van der Waals surface area contributed by atoms with Crippen LogP contribution in [0.5, 0.6) is 0 Å². The number of hydrogen-bond donors (Lipinski definition) is 1. The van der Waals surface area contributed by atoms with Gasteiger partial charge in [0.25, 0.3) is 0 Å². The highest BCUT2D eigenvalue weighted by molar-refractivity contribution is 4.74. The Hall–Kier alpha value is -0.0800. The molecule has 0 bridgehead atoms. The molecule has 2 fully saturated rings. The summed E-state index contributed by atoms with van der Waals surface area (Å²) in [7, 11) is 0. The largest absolute Gasteiger partial charge is 0.314 e. The molecule has 0 aromatic carbocycles. The quantitative estimate of drug-likeness (QED) is 0.806. The van der Waals surface area contributed by atoms with Gasteiger partial charge in [-0.3, -0.25) is 0 Å². The minimum Gasteiger partial charge on any atom is -0.314 e. The summed E-state index contributed by atoms with van der Waals surface area (Å²) in [6.45, 7) is 7.62. The SMILES string of the molecule is CC(CNC1CCCCCCC1)CN1CCCC1. The van der Waals surface area contributed by atoms with E-state index in [1.807, 2.05) is 0 Å². The zero-order chi connectivity index (χ0) is 12.6. The number of nitrogens with one attached hydrogen (secondary N) is 1. The van der Waals surface area contributed by atoms with Gasteiger partial charge in [0, 0.05) is 12.6 Å². The van der Waals surface area contributed by atoms with Crippen molar-refractivity contribution < 1.29 is 0 Å². The number of hydrogen-bond acceptors (Lipinski definition) is 2. The van der Waals surface area contributed by atoms with Crippen LogP contribution >= 0.6 is 0 Å². The number of nitrogens with zero attached hydrogens (tertiary/aromatic N) is 1. The highest BCUT2D eigenvalue weighted by atomic mass is 15.1. The van der Waals surface area contributed by atoms with Gasteiger partial charge in [-0.15, -0.1) is 0 Å². The molecule has 2 rings (SSSR count). The molecule has 2 nitrogen and oxygen atoms in total. The van der Waals surface area contributed by atoms with Crippen LogP contribution in [0.25, 0.3) is 0 Å². The lowest BCUT2D eigenvalue weighted by atomic mass is 9.96. The third kappa shape index (κ3) is 5.27. The zero-order valence-corrected chi connectivity index (χ0v) is 12.3. The first-order chi connectivity index (χ1) is 8.84. The van der Waals surface area contributed by atoms with E-state index in [0.29, 0.717) is 0 Å². The van der Waals surface area contributed by atoms with Crippen molar-refractivity contribution in [3.63, 3.8) is 0 Å². The molecule has 0 amide bonds. The smallest absolute Gasteiger partial charge is 0.00671 e. The van der Waals surface area contributed by atoms with Crippen molar-refractivity contribution in [2.24, 2.45) is 5.92 Å². The zero-order valence-electron chi connectivity index (χ0n) is 12.3. The van der Waals surface area contributed by atoms with Crippen molar-refractivity contribution in [2.75, 3.05) is 26.2 Å². The molecule has 0 spiro atoms. The van der Waals surface area contributed by atoms with E-state index in [2.05, 4.69) is 17.1 Å². The molecule has 1 saturated heterocycles. The van der Waals surface area contributed by atoms with E-state index in [1.54, 1.807) is 0 Å². The molecule has 1 atom stereocenters. The standard InChI is InChI=1S/C16H32N2/c1-15(14-18-11-7-8-12-18)13-17-16-9-5-3-2-4-6-10-16/h15-17H,2-14H2,1H3. The Morgan fingerprint density at radius 2 is 1.56 bits per heavy atom. The van der Waals surface area contributed by atoms with E-state index in [9.17, 15) is 0 Å². The minimum absolute atomic E-state index is 0.811. The first kappa shape index (κ1) is 14.3. The summed E-state index contributed by atoms with van der Waals surface area (Å²) in [6.07, 6.45) is 12.9. The molecule has 0 aromatic heterocycles. The van der Waals surface area contributed by atoms with Crippen LogP contribution in [-0.2, 0) is 0 Å². The number of likely N-dealkylation sites (tertiary alicyclic amines) is 1. The summed E-state index contributed by atoms with van der Waals surface area (Å²) >= 11 is 0. The Balaban J connectivity index is 1.59. The summed E-state index contributed by atoms with van der Waals surface area (Å²) in [6, 6.07) is 0.811. The second-order valence-electron chi connectivity index (χ2n) is 6.56. The summed E-state index contributed by atoms with van der Waals surface area (Å²) < 4.78 is 0. The van der Waals surface area contributed by atoms with Crippen LogP contribution in [0, 0.1) is 5.92 Å². The molecule has 106 valence electrons. The van der Waals surface area contributed by atoms with Crippen LogP contribution in [-0.4, -0.2) is 37.1 Å². The average Bonchev–Trinajstić information content (AvgIpc) is 2.80. The van der Waals surface area contributed by atoms with Gasteiger partial charge in [-0.05, 0) is 51.2 Å². The molecule has 2 aliphatic rings. The second kappa shape index (κ2) is 8.16. The molecule has 1 heterocycles. The highest BCUT2D eigenvalue weighted by Gasteiger charge is 2.16. The Bertz CT molecular complexity index is 203. The lowest BCUT2D eigenvalue weighted by Gasteiger charge is -2.25. The van der Waals surface area contributed by atoms with Crippen molar-refractivity contribution in [2.45, 2.75) is 70.8 Å². The van der Waals surface area contributed by atoms with E-state index in [0.717, 1.165) is 12.0 Å². The molecule has 18 heavy (non-hydrogen) atoms. The maximum absolute atomic E-state index is 3.84. The van der Waals surface area contributed by atoms with E-state index in [4.69, 9.17) is 0 Å². The van der Waals surface area contributed by atoms with E-state index in [-0.39, 0.29) is 0 Å². The fourth-order valence-electron chi connectivity index (χ4n) is 3.50. The van der Waals surface area contributed by atoms with Gasteiger partial charge in [-0.2, -0.15) is 0 Å². The molecular formula is C16H32N2. The molecular weight excluding hydrogens is 220 g/mol.